The van der Waals surface area contributed by atoms with Crippen molar-refractivity contribution in [3.63, 3.8) is 0 Å². The van der Waals surface area contributed by atoms with Crippen LogP contribution in [0.4, 0.5) is 13.2 Å². The number of alkyl halides is 3. The zero-order chi connectivity index (χ0) is 36.5. The van der Waals surface area contributed by atoms with E-state index >= 15 is 0 Å². The maximum atomic E-state index is 12.9. The molecule has 1 fully saturated rings. The van der Waals surface area contributed by atoms with Gasteiger partial charge in [0.15, 0.2) is 12.1 Å². The van der Waals surface area contributed by atoms with Gasteiger partial charge in [0.25, 0.3) is 5.88 Å². The fourth-order valence-electron chi connectivity index (χ4n) is 6.56. The van der Waals surface area contributed by atoms with Crippen LogP contribution < -0.4 is 4.18 Å². The quantitative estimate of drug-likeness (QED) is 0.0689. The highest BCUT2D eigenvalue weighted by atomic mass is 35.5. The van der Waals surface area contributed by atoms with Gasteiger partial charge >= 0.3 is 15.6 Å². The number of aliphatic hydroxyl groups is 1. The van der Waals surface area contributed by atoms with Crippen LogP contribution in [-0.4, -0.2) is 77.3 Å². The zero-order valence-electron chi connectivity index (χ0n) is 29.1. The van der Waals surface area contributed by atoms with Gasteiger partial charge in [-0.2, -0.15) is 26.6 Å². The number of halogens is 4. The summed E-state index contributed by atoms with van der Waals surface area (Å²) >= 11 is 5.70. The molecule has 1 saturated heterocycles. The Morgan fingerprint density at radius 1 is 1.19 bits per heavy atom. The molecular weight excluding hydrogens is 695 g/mol. The SMILES string of the molecule is CO[C@@H](/C=C/C(C)=C/[C@H](O[Si](C(C)C)(C(C)C)C(C)C)[C@H]1C[C@@H](CO)C[C@](Cc2nc(OS(=O)(=O)C(F)(F)F)co2)(OC)O1)C/C=C/Cl. The molecule has 1 aromatic heterocycles. The third-order valence-electron chi connectivity index (χ3n) is 8.77. The van der Waals surface area contributed by atoms with Gasteiger partial charge in [0.1, 0.15) is 0 Å². The van der Waals surface area contributed by atoms with Crippen LogP contribution >= 0.6 is 11.6 Å². The van der Waals surface area contributed by atoms with E-state index in [4.69, 9.17) is 34.7 Å². The van der Waals surface area contributed by atoms with Gasteiger partial charge in [-0.15, -0.1) is 0 Å². The molecule has 1 aromatic rings. The van der Waals surface area contributed by atoms with E-state index in [1.54, 1.807) is 13.2 Å². The molecule has 1 N–H and O–H groups in total. The lowest BCUT2D eigenvalue weighted by Crippen LogP contribution is -2.56. The summed E-state index contributed by atoms with van der Waals surface area (Å²) in [7, 11) is -5.44. The number of hydrogen-bond acceptors (Lipinski definition) is 10. The molecule has 16 heteroatoms. The smallest absolute Gasteiger partial charge is 0.445 e. The molecule has 0 bridgehead atoms. The van der Waals surface area contributed by atoms with Crippen LogP contribution in [0.15, 0.2) is 46.1 Å². The minimum Gasteiger partial charge on any atom is -0.445 e. The summed E-state index contributed by atoms with van der Waals surface area (Å²) in [6.07, 6.45) is 7.90. The van der Waals surface area contributed by atoms with E-state index in [1.165, 1.54) is 12.6 Å². The van der Waals surface area contributed by atoms with Gasteiger partial charge in [-0.05, 0) is 42.3 Å². The second kappa shape index (κ2) is 18.0. The highest BCUT2D eigenvalue weighted by Crippen LogP contribution is 2.46. The van der Waals surface area contributed by atoms with Crippen molar-refractivity contribution < 1.29 is 53.9 Å². The molecule has 0 aliphatic carbocycles. The van der Waals surface area contributed by atoms with E-state index in [9.17, 15) is 26.7 Å². The molecule has 10 nitrogen and oxygen atoms in total. The third-order valence-corrected chi connectivity index (χ3v) is 16.0. The largest absolute Gasteiger partial charge is 0.534 e. The van der Waals surface area contributed by atoms with E-state index < -0.39 is 47.8 Å². The number of oxazole rings is 1. The minimum atomic E-state index is -5.95. The predicted molar refractivity (Wildman–Crippen MR) is 179 cm³/mol. The summed E-state index contributed by atoms with van der Waals surface area (Å²) in [6, 6.07) is 0. The first-order valence-corrected chi connectivity index (χ1v) is 19.9. The Morgan fingerprint density at radius 2 is 1.81 bits per heavy atom. The Morgan fingerprint density at radius 3 is 2.31 bits per heavy atom. The van der Waals surface area contributed by atoms with Crippen LogP contribution in [0.25, 0.3) is 0 Å². The average Bonchev–Trinajstić information content (AvgIpc) is 3.43. The second-order valence-corrected chi connectivity index (χ2v) is 20.2. The Balaban J connectivity index is 2.57. The van der Waals surface area contributed by atoms with Crippen molar-refractivity contribution in [1.82, 2.24) is 4.98 Å². The molecule has 5 atom stereocenters. The lowest BCUT2D eigenvalue weighted by atomic mass is 9.86. The van der Waals surface area contributed by atoms with E-state index in [2.05, 4.69) is 50.7 Å². The van der Waals surface area contributed by atoms with Crippen molar-refractivity contribution in [3.8, 4) is 5.88 Å². The van der Waals surface area contributed by atoms with Crippen LogP contribution in [-0.2, 0) is 35.2 Å². The van der Waals surface area contributed by atoms with E-state index in [0.29, 0.717) is 19.1 Å². The number of ether oxygens (including phenoxy) is 3. The molecule has 0 aromatic carbocycles. The lowest BCUT2D eigenvalue weighted by molar-refractivity contribution is -0.291. The molecular formula is C32H51ClF3NO9SSi. The predicted octanol–water partition coefficient (Wildman–Crippen LogP) is 7.80. The molecule has 1 aliphatic heterocycles. The van der Waals surface area contributed by atoms with Gasteiger partial charge in [-0.3, -0.25) is 0 Å². The van der Waals surface area contributed by atoms with Crippen molar-refractivity contribution in [2.75, 3.05) is 20.8 Å². The average molecular weight is 746 g/mol. The van der Waals surface area contributed by atoms with Crippen LogP contribution in [0.2, 0.25) is 16.6 Å². The Kier molecular flexibility index (Phi) is 15.9. The Hall–Kier alpha value is -1.72. The molecule has 48 heavy (non-hydrogen) atoms. The summed E-state index contributed by atoms with van der Waals surface area (Å²) < 4.78 is 96.3. The van der Waals surface area contributed by atoms with Gasteiger partial charge in [0.05, 0.1) is 24.7 Å². The molecule has 0 spiro atoms. The normalized spacial score (nSPS) is 23.2. The first kappa shape index (κ1) is 42.4. The molecule has 0 amide bonds. The fraction of sp³-hybridized carbons (Fsp3) is 0.719. The summed E-state index contributed by atoms with van der Waals surface area (Å²) in [4.78, 5) is 3.80. The topological polar surface area (TPSA) is 127 Å². The molecule has 0 radical (unpaired) electrons. The van der Waals surface area contributed by atoms with Crippen LogP contribution in [0.5, 0.6) is 5.88 Å². The van der Waals surface area contributed by atoms with Crippen molar-refractivity contribution in [2.45, 2.75) is 120 Å². The van der Waals surface area contributed by atoms with Gasteiger partial charge in [0.2, 0.25) is 14.2 Å². The Labute approximate surface area is 288 Å². The van der Waals surface area contributed by atoms with Crippen LogP contribution in [0.1, 0.15) is 73.6 Å². The number of aromatic nitrogens is 1. The van der Waals surface area contributed by atoms with E-state index in [0.717, 1.165) is 5.57 Å². The number of aliphatic hydroxyl groups excluding tert-OH is 1. The highest BCUT2D eigenvalue weighted by Gasteiger charge is 2.51. The first-order valence-electron chi connectivity index (χ1n) is 15.9. The second-order valence-electron chi connectivity index (χ2n) is 13.0. The van der Waals surface area contributed by atoms with Crippen LogP contribution in [0.3, 0.4) is 0 Å². The summed E-state index contributed by atoms with van der Waals surface area (Å²) in [5.41, 5.74) is -2.59. The van der Waals surface area contributed by atoms with Crippen molar-refractivity contribution in [2.24, 2.45) is 5.92 Å². The van der Waals surface area contributed by atoms with Crippen molar-refractivity contribution in [3.05, 3.63) is 47.6 Å². The molecule has 0 unspecified atom stereocenters. The fourth-order valence-corrected chi connectivity index (χ4v) is 12.6. The monoisotopic (exact) mass is 745 g/mol. The molecule has 1 aliphatic rings. The van der Waals surface area contributed by atoms with Gasteiger partial charge < -0.3 is 32.3 Å². The van der Waals surface area contributed by atoms with Gasteiger partial charge in [0, 0.05) is 32.8 Å². The van der Waals surface area contributed by atoms with Gasteiger partial charge in [-0.25, -0.2) is 0 Å². The maximum Gasteiger partial charge on any atom is 0.534 e. The highest BCUT2D eigenvalue weighted by molar-refractivity contribution is 7.87. The van der Waals surface area contributed by atoms with Gasteiger partial charge in [-0.1, -0.05) is 83.0 Å². The molecule has 2 rings (SSSR count). The zero-order valence-corrected chi connectivity index (χ0v) is 31.7. The lowest BCUT2D eigenvalue weighted by Gasteiger charge is -2.49. The summed E-state index contributed by atoms with van der Waals surface area (Å²) in [6.45, 7) is 14.8. The number of nitrogens with zero attached hydrogens (tertiary/aromatic N) is 1. The molecule has 2 heterocycles. The standard InChI is InChI=1S/C32H51ClF3NO9SSi/c1-21(2)48(22(3)4,23(5)6)46-28(15-24(7)12-13-26(41-8)11-10-14-33)27-16-25(19-38)17-31(42-9,44-27)18-29-37-30(20-43-29)45-47(39,40)32(34,35)36/h10,12-15,20-23,25-28,38H,11,16-19H2,1-9H3/b13-12+,14-10+,24-15+/t25-,26-,27-,28+,31+/m1/s1. The van der Waals surface area contributed by atoms with E-state index in [-0.39, 0.29) is 54.0 Å². The van der Waals surface area contributed by atoms with E-state index in [1.807, 2.05) is 25.2 Å². The van der Waals surface area contributed by atoms with Crippen LogP contribution in [0, 0.1) is 5.92 Å². The number of hydrogen-bond donors (Lipinski definition) is 1. The molecule has 276 valence electrons. The number of allylic oxidation sites excluding steroid dienone is 2. The maximum absolute atomic E-state index is 12.9. The summed E-state index contributed by atoms with van der Waals surface area (Å²) in [5, 5.41) is 10.4. The third kappa shape index (κ3) is 10.9. The first-order chi connectivity index (χ1) is 22.3. The van der Waals surface area contributed by atoms with Crippen molar-refractivity contribution >= 4 is 30.0 Å². The number of rotatable bonds is 18. The Bertz CT molecular complexity index is 1330. The summed E-state index contributed by atoms with van der Waals surface area (Å²) in [5.74, 6) is -2.83. The number of methoxy groups -OCH3 is 2. The van der Waals surface area contributed by atoms with Crippen molar-refractivity contribution in [1.29, 1.82) is 0 Å². The minimum absolute atomic E-state index is 0.180. The molecule has 0 saturated carbocycles.